The van der Waals surface area contributed by atoms with Crippen molar-refractivity contribution in [3.63, 3.8) is 0 Å². The van der Waals surface area contributed by atoms with Crippen LogP contribution in [0.4, 0.5) is 0 Å². The van der Waals surface area contributed by atoms with Crippen LogP contribution < -0.4 is 4.74 Å². The van der Waals surface area contributed by atoms with Crippen molar-refractivity contribution >= 4 is 12.6 Å². The van der Waals surface area contributed by atoms with Crippen molar-refractivity contribution in [1.29, 1.82) is 0 Å². The van der Waals surface area contributed by atoms with Crippen molar-refractivity contribution in [2.75, 3.05) is 12.4 Å². The van der Waals surface area contributed by atoms with Gasteiger partial charge >= 0.3 is 0 Å². The minimum Gasteiger partial charge on any atom is -0.489 e. The van der Waals surface area contributed by atoms with E-state index < -0.39 is 0 Å². The van der Waals surface area contributed by atoms with Crippen molar-refractivity contribution in [3.8, 4) is 5.75 Å². The Morgan fingerprint density at radius 1 is 1.43 bits per heavy atom. The SMILES string of the molecule is C=C(CS)COc1ccccc1CC. The van der Waals surface area contributed by atoms with E-state index in [9.17, 15) is 0 Å². The van der Waals surface area contributed by atoms with Gasteiger partial charge in [0.05, 0.1) is 0 Å². The summed E-state index contributed by atoms with van der Waals surface area (Å²) in [7, 11) is 0. The molecule has 0 atom stereocenters. The molecule has 0 aliphatic carbocycles. The highest BCUT2D eigenvalue weighted by Crippen LogP contribution is 2.18. The highest BCUT2D eigenvalue weighted by molar-refractivity contribution is 7.80. The summed E-state index contributed by atoms with van der Waals surface area (Å²) >= 11 is 4.13. The first-order valence-electron chi connectivity index (χ1n) is 4.76. The molecule has 0 unspecified atom stereocenters. The molecule has 0 fully saturated rings. The van der Waals surface area contributed by atoms with Gasteiger partial charge < -0.3 is 4.74 Å². The van der Waals surface area contributed by atoms with Crippen LogP contribution in [-0.4, -0.2) is 12.4 Å². The van der Waals surface area contributed by atoms with Gasteiger partial charge in [-0.2, -0.15) is 12.6 Å². The Balaban J connectivity index is 2.61. The minimum absolute atomic E-state index is 0.556. The normalized spacial score (nSPS) is 9.86. The van der Waals surface area contributed by atoms with E-state index >= 15 is 0 Å². The second kappa shape index (κ2) is 5.76. The van der Waals surface area contributed by atoms with E-state index in [4.69, 9.17) is 4.74 Å². The molecule has 0 saturated heterocycles. The highest BCUT2D eigenvalue weighted by Gasteiger charge is 2.00. The van der Waals surface area contributed by atoms with Crippen LogP contribution in [0.2, 0.25) is 0 Å². The third kappa shape index (κ3) is 3.11. The maximum atomic E-state index is 5.63. The topological polar surface area (TPSA) is 9.23 Å². The Morgan fingerprint density at radius 3 is 2.79 bits per heavy atom. The Kier molecular flexibility index (Phi) is 4.60. The molecule has 2 heteroatoms. The van der Waals surface area contributed by atoms with Crippen molar-refractivity contribution in [3.05, 3.63) is 42.0 Å². The van der Waals surface area contributed by atoms with Gasteiger partial charge in [0.15, 0.2) is 0 Å². The van der Waals surface area contributed by atoms with Crippen molar-refractivity contribution < 1.29 is 4.74 Å². The molecular weight excluding hydrogens is 192 g/mol. The highest BCUT2D eigenvalue weighted by atomic mass is 32.1. The van der Waals surface area contributed by atoms with Gasteiger partial charge in [-0.15, -0.1) is 0 Å². The van der Waals surface area contributed by atoms with Crippen LogP contribution in [0.1, 0.15) is 12.5 Å². The Bertz CT molecular complexity index is 307. The first kappa shape index (κ1) is 11.2. The second-order valence-corrected chi connectivity index (χ2v) is 3.47. The number of thiol groups is 1. The zero-order valence-corrected chi connectivity index (χ0v) is 9.39. The fourth-order valence-corrected chi connectivity index (χ4v) is 1.25. The average Bonchev–Trinajstić information content (AvgIpc) is 2.26. The molecule has 0 radical (unpaired) electrons. The second-order valence-electron chi connectivity index (χ2n) is 3.16. The first-order chi connectivity index (χ1) is 6.77. The van der Waals surface area contributed by atoms with Gasteiger partial charge in [0.2, 0.25) is 0 Å². The standard InChI is InChI=1S/C12H16OS/c1-3-11-6-4-5-7-12(11)13-8-10(2)9-14/h4-7,14H,2-3,8-9H2,1H3. The van der Waals surface area contributed by atoms with Crippen molar-refractivity contribution in [2.45, 2.75) is 13.3 Å². The van der Waals surface area contributed by atoms with E-state index in [0.717, 1.165) is 17.7 Å². The number of benzene rings is 1. The first-order valence-corrected chi connectivity index (χ1v) is 5.39. The summed E-state index contributed by atoms with van der Waals surface area (Å²) in [6.07, 6.45) is 0.990. The maximum absolute atomic E-state index is 5.63. The van der Waals surface area contributed by atoms with Crippen molar-refractivity contribution in [2.24, 2.45) is 0 Å². The summed E-state index contributed by atoms with van der Waals surface area (Å²) in [6.45, 7) is 6.52. The average molecular weight is 208 g/mol. The van der Waals surface area contributed by atoms with Crippen LogP contribution in [0.3, 0.4) is 0 Å². The summed E-state index contributed by atoms with van der Waals surface area (Å²) in [4.78, 5) is 0. The molecule has 0 N–H and O–H groups in total. The number of ether oxygens (including phenoxy) is 1. The Morgan fingerprint density at radius 2 is 2.14 bits per heavy atom. The lowest BCUT2D eigenvalue weighted by atomic mass is 10.1. The molecule has 1 aromatic rings. The predicted octanol–water partition coefficient (Wildman–Crippen LogP) is 3.11. The molecule has 0 aliphatic rings. The van der Waals surface area contributed by atoms with E-state index in [0.29, 0.717) is 12.4 Å². The Hall–Kier alpha value is -0.890. The summed E-state index contributed by atoms with van der Waals surface area (Å²) in [5.41, 5.74) is 2.23. The summed E-state index contributed by atoms with van der Waals surface area (Å²) in [6, 6.07) is 8.08. The maximum Gasteiger partial charge on any atom is 0.122 e. The lowest BCUT2D eigenvalue weighted by molar-refractivity contribution is 0.350. The molecule has 0 amide bonds. The zero-order valence-electron chi connectivity index (χ0n) is 8.49. The largest absolute Gasteiger partial charge is 0.489 e. The van der Waals surface area contributed by atoms with Gasteiger partial charge in [0, 0.05) is 5.75 Å². The smallest absolute Gasteiger partial charge is 0.122 e. The van der Waals surface area contributed by atoms with Gasteiger partial charge in [0.1, 0.15) is 12.4 Å². The molecule has 76 valence electrons. The van der Waals surface area contributed by atoms with Crippen LogP contribution in [0.25, 0.3) is 0 Å². The number of rotatable bonds is 5. The molecule has 0 bridgehead atoms. The molecule has 0 aliphatic heterocycles. The molecule has 14 heavy (non-hydrogen) atoms. The molecule has 1 aromatic carbocycles. The fraction of sp³-hybridized carbons (Fsp3) is 0.333. The Labute approximate surface area is 91.2 Å². The molecular formula is C12H16OS. The van der Waals surface area contributed by atoms with E-state index in [1.807, 2.05) is 18.2 Å². The lowest BCUT2D eigenvalue weighted by Crippen LogP contribution is -2.02. The third-order valence-electron chi connectivity index (χ3n) is 2.01. The zero-order chi connectivity index (χ0) is 10.4. The number of hydrogen-bond acceptors (Lipinski definition) is 2. The van der Waals surface area contributed by atoms with Crippen LogP contribution in [0.15, 0.2) is 36.4 Å². The van der Waals surface area contributed by atoms with Gasteiger partial charge in [-0.25, -0.2) is 0 Å². The number of para-hydroxylation sites is 1. The quantitative estimate of drug-likeness (QED) is 0.578. The number of hydrogen-bond donors (Lipinski definition) is 1. The van der Waals surface area contributed by atoms with Crippen LogP contribution in [0.5, 0.6) is 5.75 Å². The third-order valence-corrected chi connectivity index (χ3v) is 2.46. The van der Waals surface area contributed by atoms with Crippen LogP contribution in [0, 0.1) is 0 Å². The number of aryl methyl sites for hydroxylation is 1. The van der Waals surface area contributed by atoms with Crippen LogP contribution >= 0.6 is 12.6 Å². The lowest BCUT2D eigenvalue weighted by Gasteiger charge is -2.10. The van der Waals surface area contributed by atoms with Crippen molar-refractivity contribution in [1.82, 2.24) is 0 Å². The fourth-order valence-electron chi connectivity index (χ4n) is 1.16. The van der Waals surface area contributed by atoms with Gasteiger partial charge in [-0.3, -0.25) is 0 Å². The summed E-state index contributed by atoms with van der Waals surface area (Å²) < 4.78 is 5.63. The van der Waals surface area contributed by atoms with E-state index in [-0.39, 0.29) is 0 Å². The summed E-state index contributed by atoms with van der Waals surface area (Å²) in [5.74, 6) is 1.63. The molecule has 0 heterocycles. The molecule has 1 rings (SSSR count). The minimum atomic E-state index is 0.556. The van der Waals surface area contributed by atoms with E-state index in [1.165, 1.54) is 5.56 Å². The van der Waals surface area contributed by atoms with E-state index in [2.05, 4.69) is 32.2 Å². The monoisotopic (exact) mass is 208 g/mol. The van der Waals surface area contributed by atoms with Gasteiger partial charge in [-0.05, 0) is 23.6 Å². The van der Waals surface area contributed by atoms with Gasteiger partial charge in [0.25, 0.3) is 0 Å². The molecule has 1 nitrogen and oxygen atoms in total. The van der Waals surface area contributed by atoms with Gasteiger partial charge in [-0.1, -0.05) is 31.7 Å². The predicted molar refractivity (Wildman–Crippen MR) is 64.3 cm³/mol. The molecule has 0 saturated carbocycles. The van der Waals surface area contributed by atoms with E-state index in [1.54, 1.807) is 0 Å². The molecule has 0 aromatic heterocycles. The van der Waals surface area contributed by atoms with Crippen LogP contribution in [-0.2, 0) is 6.42 Å². The summed E-state index contributed by atoms with van der Waals surface area (Å²) in [5, 5.41) is 0. The molecule has 0 spiro atoms.